The van der Waals surface area contributed by atoms with Gasteiger partial charge in [0.25, 0.3) is 0 Å². The summed E-state index contributed by atoms with van der Waals surface area (Å²) in [6.07, 6.45) is 2.36. The zero-order chi connectivity index (χ0) is 14.0. The molecule has 1 atom stereocenters. The van der Waals surface area contributed by atoms with Gasteiger partial charge in [-0.05, 0) is 38.0 Å². The maximum Gasteiger partial charge on any atom is 0.0834 e. The molecule has 0 radical (unpaired) electrons. The average molecular weight is 298 g/mol. The number of nitrogens with zero attached hydrogens (tertiary/aromatic N) is 2. The molecule has 2 aromatic rings. The second-order valence-corrected chi connectivity index (χ2v) is 5.70. The Morgan fingerprint density at radius 1 is 1.21 bits per heavy atom. The van der Waals surface area contributed by atoms with Crippen molar-refractivity contribution in [1.29, 1.82) is 0 Å². The molecule has 1 aromatic carbocycles. The van der Waals surface area contributed by atoms with Crippen molar-refractivity contribution < 1.29 is 0 Å². The molecular weight excluding hydrogens is 281 g/mol. The summed E-state index contributed by atoms with van der Waals surface area (Å²) in [5, 5.41) is 5.62. The van der Waals surface area contributed by atoms with Crippen LogP contribution in [0.1, 0.15) is 37.2 Å². The van der Waals surface area contributed by atoms with Gasteiger partial charge in [-0.1, -0.05) is 35.3 Å². The van der Waals surface area contributed by atoms with Gasteiger partial charge in [0.2, 0.25) is 0 Å². The first kappa shape index (κ1) is 14.4. The van der Waals surface area contributed by atoms with Gasteiger partial charge in [0.1, 0.15) is 0 Å². The van der Waals surface area contributed by atoms with Crippen molar-refractivity contribution in [2.24, 2.45) is 5.73 Å². The van der Waals surface area contributed by atoms with E-state index in [1.165, 1.54) is 0 Å². The summed E-state index contributed by atoms with van der Waals surface area (Å²) < 4.78 is 1.88. The quantitative estimate of drug-likeness (QED) is 0.926. The van der Waals surface area contributed by atoms with Gasteiger partial charge in [0.05, 0.1) is 23.0 Å². The fraction of sp³-hybridized carbons (Fsp3) is 0.357. The van der Waals surface area contributed by atoms with E-state index in [0.717, 1.165) is 16.3 Å². The Kier molecular flexibility index (Phi) is 4.50. The number of hydrogen-bond donors (Lipinski definition) is 1. The molecule has 1 aromatic heterocycles. The molecule has 0 saturated carbocycles. The van der Waals surface area contributed by atoms with Crippen LogP contribution in [0.15, 0.2) is 30.5 Å². The van der Waals surface area contributed by atoms with Crippen molar-refractivity contribution in [2.75, 3.05) is 0 Å². The first-order chi connectivity index (χ1) is 8.99. The van der Waals surface area contributed by atoms with Gasteiger partial charge in [0, 0.05) is 11.1 Å². The molecule has 5 heteroatoms. The van der Waals surface area contributed by atoms with E-state index in [1.54, 1.807) is 6.20 Å². The lowest BCUT2D eigenvalue weighted by molar-refractivity contribution is 0.485. The first-order valence-corrected chi connectivity index (χ1v) is 6.97. The Morgan fingerprint density at radius 2 is 1.84 bits per heavy atom. The molecule has 0 bridgehead atoms. The Labute approximate surface area is 123 Å². The summed E-state index contributed by atoms with van der Waals surface area (Å²) in [6.45, 7) is 4.11. The molecule has 0 aliphatic rings. The second-order valence-electron chi connectivity index (χ2n) is 4.85. The predicted molar refractivity (Wildman–Crippen MR) is 79.7 cm³/mol. The summed E-state index contributed by atoms with van der Waals surface area (Å²) in [7, 11) is 0. The standard InChI is InChI=1S/C14H17Cl2N3/c1-9(2)19-14(12(16)8-18-19)13(17)7-10-3-5-11(15)6-4-10/h3-6,8-9,13H,7,17H2,1-2H3. The maximum atomic E-state index is 6.27. The fourth-order valence-electron chi connectivity index (χ4n) is 2.08. The van der Waals surface area contributed by atoms with Gasteiger partial charge in [-0.25, -0.2) is 0 Å². The third kappa shape index (κ3) is 3.30. The summed E-state index contributed by atoms with van der Waals surface area (Å²) in [5.41, 5.74) is 8.28. The largest absolute Gasteiger partial charge is 0.322 e. The van der Waals surface area contributed by atoms with Crippen LogP contribution >= 0.6 is 23.2 Å². The Bertz CT molecular complexity index is 546. The van der Waals surface area contributed by atoms with Crippen molar-refractivity contribution in [3.05, 3.63) is 51.8 Å². The van der Waals surface area contributed by atoms with Crippen molar-refractivity contribution in [1.82, 2.24) is 9.78 Å². The van der Waals surface area contributed by atoms with E-state index in [0.29, 0.717) is 11.4 Å². The van der Waals surface area contributed by atoms with Crippen LogP contribution in [0.25, 0.3) is 0 Å². The van der Waals surface area contributed by atoms with Gasteiger partial charge in [-0.2, -0.15) is 5.10 Å². The Balaban J connectivity index is 2.22. The van der Waals surface area contributed by atoms with Gasteiger partial charge in [0.15, 0.2) is 0 Å². The summed E-state index contributed by atoms with van der Waals surface area (Å²) in [6, 6.07) is 7.74. The van der Waals surface area contributed by atoms with E-state index >= 15 is 0 Å². The molecule has 1 unspecified atom stereocenters. The van der Waals surface area contributed by atoms with E-state index in [9.17, 15) is 0 Å². The highest BCUT2D eigenvalue weighted by Crippen LogP contribution is 2.26. The summed E-state index contributed by atoms with van der Waals surface area (Å²) in [5.74, 6) is 0. The number of rotatable bonds is 4. The summed E-state index contributed by atoms with van der Waals surface area (Å²) in [4.78, 5) is 0. The molecule has 102 valence electrons. The first-order valence-electron chi connectivity index (χ1n) is 6.22. The van der Waals surface area contributed by atoms with Gasteiger partial charge in [-0.3, -0.25) is 4.68 Å². The van der Waals surface area contributed by atoms with Crippen molar-refractivity contribution in [3.63, 3.8) is 0 Å². The topological polar surface area (TPSA) is 43.8 Å². The highest BCUT2D eigenvalue weighted by molar-refractivity contribution is 6.31. The van der Waals surface area contributed by atoms with Crippen LogP contribution in [-0.4, -0.2) is 9.78 Å². The zero-order valence-electron chi connectivity index (χ0n) is 11.0. The van der Waals surface area contributed by atoms with Crippen LogP contribution < -0.4 is 5.73 Å². The van der Waals surface area contributed by atoms with E-state index in [-0.39, 0.29) is 12.1 Å². The second kappa shape index (κ2) is 5.95. The molecule has 0 aliphatic heterocycles. The number of halogens is 2. The van der Waals surface area contributed by atoms with Crippen LogP contribution in [0.4, 0.5) is 0 Å². The SMILES string of the molecule is CC(C)n1ncc(Cl)c1C(N)Cc1ccc(Cl)cc1. The lowest BCUT2D eigenvalue weighted by Crippen LogP contribution is -2.20. The molecule has 0 fully saturated rings. The minimum absolute atomic E-state index is 0.182. The third-order valence-corrected chi connectivity index (χ3v) is 3.54. The maximum absolute atomic E-state index is 6.27. The molecular formula is C14H17Cl2N3. The minimum atomic E-state index is -0.182. The van der Waals surface area contributed by atoms with E-state index in [1.807, 2.05) is 28.9 Å². The number of benzene rings is 1. The highest BCUT2D eigenvalue weighted by atomic mass is 35.5. The normalized spacial score (nSPS) is 12.9. The number of nitrogens with two attached hydrogens (primary N) is 1. The smallest absolute Gasteiger partial charge is 0.0834 e. The van der Waals surface area contributed by atoms with Crippen LogP contribution in [0.5, 0.6) is 0 Å². The van der Waals surface area contributed by atoms with E-state index in [2.05, 4.69) is 18.9 Å². The van der Waals surface area contributed by atoms with Crippen LogP contribution in [0, 0.1) is 0 Å². The van der Waals surface area contributed by atoms with Crippen LogP contribution in [-0.2, 0) is 6.42 Å². The van der Waals surface area contributed by atoms with Gasteiger partial charge < -0.3 is 5.73 Å². The van der Waals surface area contributed by atoms with Crippen LogP contribution in [0.3, 0.4) is 0 Å². The third-order valence-electron chi connectivity index (χ3n) is 3.00. The van der Waals surface area contributed by atoms with Crippen molar-refractivity contribution in [3.8, 4) is 0 Å². The van der Waals surface area contributed by atoms with E-state index < -0.39 is 0 Å². The van der Waals surface area contributed by atoms with Crippen molar-refractivity contribution in [2.45, 2.75) is 32.4 Å². The fourth-order valence-corrected chi connectivity index (χ4v) is 2.48. The predicted octanol–water partition coefficient (Wildman–Crippen LogP) is 4.01. The molecule has 2 rings (SSSR count). The monoisotopic (exact) mass is 297 g/mol. The molecule has 1 heterocycles. The van der Waals surface area contributed by atoms with Gasteiger partial charge >= 0.3 is 0 Å². The van der Waals surface area contributed by atoms with Crippen LogP contribution in [0.2, 0.25) is 10.0 Å². The van der Waals surface area contributed by atoms with E-state index in [4.69, 9.17) is 28.9 Å². The lowest BCUT2D eigenvalue weighted by Gasteiger charge is -2.17. The molecule has 0 spiro atoms. The summed E-state index contributed by atoms with van der Waals surface area (Å²) >= 11 is 12.1. The molecule has 2 N–H and O–H groups in total. The van der Waals surface area contributed by atoms with Crippen molar-refractivity contribution >= 4 is 23.2 Å². The molecule has 19 heavy (non-hydrogen) atoms. The molecule has 0 saturated heterocycles. The Hall–Kier alpha value is -1.03. The Morgan fingerprint density at radius 3 is 2.42 bits per heavy atom. The lowest BCUT2D eigenvalue weighted by atomic mass is 10.0. The number of hydrogen-bond acceptors (Lipinski definition) is 2. The molecule has 3 nitrogen and oxygen atoms in total. The van der Waals surface area contributed by atoms with Gasteiger partial charge in [-0.15, -0.1) is 0 Å². The number of aromatic nitrogens is 2. The molecule has 0 aliphatic carbocycles. The zero-order valence-corrected chi connectivity index (χ0v) is 12.5. The highest BCUT2D eigenvalue weighted by Gasteiger charge is 2.18. The molecule has 0 amide bonds. The average Bonchev–Trinajstić information content (AvgIpc) is 2.74. The minimum Gasteiger partial charge on any atom is -0.322 e.